The van der Waals surface area contributed by atoms with Crippen molar-refractivity contribution in [1.29, 1.82) is 0 Å². The molecule has 2 fully saturated rings. The molecule has 0 spiro atoms. The maximum absolute atomic E-state index is 9.40. The maximum atomic E-state index is 9.40. The monoisotopic (exact) mass is 375 g/mol. The summed E-state index contributed by atoms with van der Waals surface area (Å²) in [6.45, 7) is 6.09. The van der Waals surface area contributed by atoms with Gasteiger partial charge in [0.25, 0.3) is 0 Å². The third kappa shape index (κ3) is 4.93. The number of guanidine groups is 1. The molecule has 1 aliphatic heterocycles. The summed E-state index contributed by atoms with van der Waals surface area (Å²) < 4.78 is 10.8. The van der Waals surface area contributed by atoms with Crippen LogP contribution in [0.1, 0.15) is 38.2 Å². The lowest BCUT2D eigenvalue weighted by atomic mass is 9.84. The number of ether oxygens (including phenoxy) is 2. The minimum absolute atomic E-state index is 0.0235. The second-order valence-electron chi connectivity index (χ2n) is 7.83. The molecule has 0 aromatic heterocycles. The molecule has 2 aliphatic rings. The standard InChI is InChI=1S/C21H33N3O3/c1-3-22-19(23-14-20(10-12-25)11-13-27-16-20)24-15-21(8-9-21)17-4-6-18(26-2)7-5-17/h4-7,25H,3,8-16H2,1-2H3,(H2,22,23,24). The van der Waals surface area contributed by atoms with Crippen LogP contribution in [0, 0.1) is 5.41 Å². The van der Waals surface area contributed by atoms with Crippen molar-refractivity contribution in [3.63, 3.8) is 0 Å². The first-order valence-corrected chi connectivity index (χ1v) is 10.0. The van der Waals surface area contributed by atoms with Gasteiger partial charge in [0.05, 0.1) is 20.3 Å². The minimum Gasteiger partial charge on any atom is -0.497 e. The zero-order valence-electron chi connectivity index (χ0n) is 16.6. The molecular formula is C21H33N3O3. The van der Waals surface area contributed by atoms with Gasteiger partial charge in [0, 0.05) is 37.1 Å². The van der Waals surface area contributed by atoms with E-state index >= 15 is 0 Å². The summed E-state index contributed by atoms with van der Waals surface area (Å²) in [7, 11) is 1.70. The fourth-order valence-electron chi connectivity index (χ4n) is 3.79. The Morgan fingerprint density at radius 3 is 2.56 bits per heavy atom. The Kier molecular flexibility index (Phi) is 6.60. The number of hydrogen-bond acceptors (Lipinski definition) is 4. The summed E-state index contributed by atoms with van der Waals surface area (Å²) in [5.41, 5.74) is 1.53. The molecule has 0 radical (unpaired) electrons. The number of aliphatic imine (C=N–C) groups is 1. The number of nitrogens with zero attached hydrogens (tertiary/aromatic N) is 1. The lowest BCUT2D eigenvalue weighted by Crippen LogP contribution is -2.42. The van der Waals surface area contributed by atoms with Crippen LogP contribution in [-0.4, -0.2) is 57.6 Å². The first-order chi connectivity index (χ1) is 13.2. The topological polar surface area (TPSA) is 75.1 Å². The van der Waals surface area contributed by atoms with Crippen LogP contribution in [0.2, 0.25) is 0 Å². The lowest BCUT2D eigenvalue weighted by molar-refractivity contribution is 0.131. The Morgan fingerprint density at radius 1 is 1.22 bits per heavy atom. The van der Waals surface area contributed by atoms with E-state index in [9.17, 15) is 5.11 Å². The minimum atomic E-state index is -0.0235. The SMILES string of the molecule is CCNC(=NCC1(CCO)CCOC1)NCC1(c2ccc(OC)cc2)CC1. The van der Waals surface area contributed by atoms with Gasteiger partial charge >= 0.3 is 0 Å². The number of hydrogen-bond donors (Lipinski definition) is 3. The molecule has 1 aliphatic carbocycles. The fraction of sp³-hybridized carbons (Fsp3) is 0.667. The highest BCUT2D eigenvalue weighted by Gasteiger charge is 2.44. The van der Waals surface area contributed by atoms with Gasteiger partial charge in [-0.15, -0.1) is 0 Å². The van der Waals surface area contributed by atoms with Gasteiger partial charge in [-0.05, 0) is 50.3 Å². The molecule has 27 heavy (non-hydrogen) atoms. The molecule has 6 nitrogen and oxygen atoms in total. The molecule has 1 heterocycles. The van der Waals surface area contributed by atoms with Gasteiger partial charge in [0.15, 0.2) is 5.96 Å². The predicted octanol–water partition coefficient (Wildman–Crippen LogP) is 2.07. The summed E-state index contributed by atoms with van der Waals surface area (Å²) in [4.78, 5) is 4.82. The van der Waals surface area contributed by atoms with Crippen molar-refractivity contribution >= 4 is 5.96 Å². The molecule has 1 unspecified atom stereocenters. The molecular weight excluding hydrogens is 342 g/mol. The van der Waals surface area contributed by atoms with Gasteiger partial charge in [0.2, 0.25) is 0 Å². The average Bonchev–Trinajstić information content (AvgIpc) is 3.35. The van der Waals surface area contributed by atoms with Crippen LogP contribution in [0.5, 0.6) is 5.75 Å². The van der Waals surface area contributed by atoms with Gasteiger partial charge in [-0.1, -0.05) is 12.1 Å². The van der Waals surface area contributed by atoms with E-state index in [4.69, 9.17) is 14.5 Å². The van der Waals surface area contributed by atoms with E-state index in [1.54, 1.807) is 7.11 Å². The molecule has 1 saturated carbocycles. The lowest BCUT2D eigenvalue weighted by Gasteiger charge is -2.25. The van der Waals surface area contributed by atoms with Crippen LogP contribution in [0.15, 0.2) is 29.3 Å². The largest absolute Gasteiger partial charge is 0.497 e. The van der Waals surface area contributed by atoms with Crippen molar-refractivity contribution < 1.29 is 14.6 Å². The molecule has 150 valence electrons. The number of aliphatic hydroxyl groups is 1. The van der Waals surface area contributed by atoms with Gasteiger partial charge in [-0.2, -0.15) is 0 Å². The zero-order valence-corrected chi connectivity index (χ0v) is 16.6. The second kappa shape index (κ2) is 8.93. The van der Waals surface area contributed by atoms with Gasteiger partial charge in [-0.25, -0.2) is 0 Å². The summed E-state index contributed by atoms with van der Waals surface area (Å²) in [5.74, 6) is 1.74. The summed E-state index contributed by atoms with van der Waals surface area (Å²) in [6, 6.07) is 8.41. The Balaban J connectivity index is 1.62. The fourth-order valence-corrected chi connectivity index (χ4v) is 3.79. The van der Waals surface area contributed by atoms with Crippen molar-refractivity contribution in [2.75, 3.05) is 46.6 Å². The van der Waals surface area contributed by atoms with Crippen molar-refractivity contribution in [2.45, 2.75) is 38.0 Å². The third-order valence-corrected chi connectivity index (χ3v) is 5.89. The molecule has 0 bridgehead atoms. The van der Waals surface area contributed by atoms with E-state index in [1.807, 2.05) is 12.1 Å². The van der Waals surface area contributed by atoms with Crippen LogP contribution in [0.3, 0.4) is 0 Å². The molecule has 3 rings (SSSR count). The zero-order chi connectivity index (χ0) is 19.2. The summed E-state index contributed by atoms with van der Waals surface area (Å²) >= 11 is 0. The van der Waals surface area contributed by atoms with E-state index in [-0.39, 0.29) is 17.4 Å². The van der Waals surface area contributed by atoms with E-state index in [0.717, 1.165) is 44.2 Å². The van der Waals surface area contributed by atoms with Gasteiger partial charge in [-0.3, -0.25) is 4.99 Å². The number of nitrogens with one attached hydrogen (secondary N) is 2. The highest BCUT2D eigenvalue weighted by atomic mass is 16.5. The van der Waals surface area contributed by atoms with Crippen LogP contribution in [-0.2, 0) is 10.2 Å². The molecule has 1 aromatic carbocycles. The smallest absolute Gasteiger partial charge is 0.191 e. The highest BCUT2D eigenvalue weighted by Crippen LogP contribution is 2.47. The van der Waals surface area contributed by atoms with E-state index < -0.39 is 0 Å². The van der Waals surface area contributed by atoms with Crippen LogP contribution in [0.4, 0.5) is 0 Å². The van der Waals surface area contributed by atoms with Gasteiger partial charge < -0.3 is 25.2 Å². The normalized spacial score (nSPS) is 23.9. The predicted molar refractivity (Wildman–Crippen MR) is 107 cm³/mol. The van der Waals surface area contributed by atoms with E-state index in [0.29, 0.717) is 13.2 Å². The van der Waals surface area contributed by atoms with Crippen LogP contribution >= 0.6 is 0 Å². The Morgan fingerprint density at radius 2 is 2.00 bits per heavy atom. The summed E-state index contributed by atoms with van der Waals surface area (Å²) in [5, 5.41) is 16.3. The van der Waals surface area contributed by atoms with E-state index in [2.05, 4.69) is 29.7 Å². The third-order valence-electron chi connectivity index (χ3n) is 5.89. The first-order valence-electron chi connectivity index (χ1n) is 10.0. The second-order valence-corrected chi connectivity index (χ2v) is 7.83. The molecule has 1 saturated heterocycles. The van der Waals surface area contributed by atoms with Crippen molar-refractivity contribution in [2.24, 2.45) is 10.4 Å². The van der Waals surface area contributed by atoms with Crippen LogP contribution < -0.4 is 15.4 Å². The molecule has 3 N–H and O–H groups in total. The highest BCUT2D eigenvalue weighted by molar-refractivity contribution is 5.80. The number of methoxy groups -OCH3 is 1. The Labute approximate surface area is 162 Å². The maximum Gasteiger partial charge on any atom is 0.191 e. The molecule has 6 heteroatoms. The first kappa shape index (κ1) is 20.0. The van der Waals surface area contributed by atoms with E-state index in [1.165, 1.54) is 18.4 Å². The molecule has 1 atom stereocenters. The Bertz CT molecular complexity index is 620. The quantitative estimate of drug-likeness (QED) is 0.455. The number of benzene rings is 1. The number of rotatable bonds is 9. The van der Waals surface area contributed by atoms with Crippen molar-refractivity contribution in [3.8, 4) is 5.75 Å². The molecule has 1 aromatic rings. The summed E-state index contributed by atoms with van der Waals surface area (Å²) in [6.07, 6.45) is 4.08. The Hall–Kier alpha value is -1.79. The number of aliphatic hydroxyl groups excluding tert-OH is 1. The van der Waals surface area contributed by atoms with Crippen molar-refractivity contribution in [3.05, 3.63) is 29.8 Å². The average molecular weight is 376 g/mol. The van der Waals surface area contributed by atoms with Crippen molar-refractivity contribution in [1.82, 2.24) is 10.6 Å². The van der Waals surface area contributed by atoms with Gasteiger partial charge in [0.1, 0.15) is 5.75 Å². The molecule has 0 amide bonds. The van der Waals surface area contributed by atoms with Crippen LogP contribution in [0.25, 0.3) is 0 Å².